The predicted octanol–water partition coefficient (Wildman–Crippen LogP) is 0.901. The van der Waals surface area contributed by atoms with Crippen LogP contribution in [0.25, 0.3) is 10.9 Å². The quantitative estimate of drug-likeness (QED) is 0.439. The number of thioether (sulfide) groups is 1. The minimum Gasteiger partial charge on any atom is -0.496 e. The van der Waals surface area contributed by atoms with Gasteiger partial charge in [0.2, 0.25) is 11.8 Å². The van der Waals surface area contributed by atoms with Crippen LogP contribution < -0.4 is 21.1 Å². The summed E-state index contributed by atoms with van der Waals surface area (Å²) in [5, 5.41) is 17.2. The summed E-state index contributed by atoms with van der Waals surface area (Å²) in [6.45, 7) is 0.858. The van der Waals surface area contributed by atoms with Gasteiger partial charge in [-0.1, -0.05) is 6.07 Å². The fraction of sp³-hybridized carbons (Fsp3) is 0.455. The van der Waals surface area contributed by atoms with Gasteiger partial charge in [-0.3, -0.25) is 14.4 Å². The van der Waals surface area contributed by atoms with Crippen LogP contribution in [0, 0.1) is 16.6 Å². The Bertz CT molecular complexity index is 1110. The number of nitrogens with two attached hydrogens (primary N) is 1. The number of carbonyl (C=O) groups is 3. The van der Waals surface area contributed by atoms with Gasteiger partial charge in [0, 0.05) is 36.0 Å². The van der Waals surface area contributed by atoms with Gasteiger partial charge >= 0.3 is 0 Å². The van der Waals surface area contributed by atoms with Crippen molar-refractivity contribution in [3.8, 4) is 11.2 Å². The molecule has 1 aromatic heterocycles. The Morgan fingerprint density at radius 1 is 1.45 bits per heavy atom. The molecule has 2 aliphatic heterocycles. The number of hydrogen-bond acceptors (Lipinski definition) is 7. The highest BCUT2D eigenvalue weighted by Crippen LogP contribution is 2.30. The largest absolute Gasteiger partial charge is 0.496 e. The lowest BCUT2D eigenvalue weighted by molar-refractivity contribution is -0.137. The number of methoxy groups -OCH3 is 1. The molecule has 4 rings (SSSR count). The first-order chi connectivity index (χ1) is 15.9. The Balaban J connectivity index is 1.50. The molecule has 174 valence electrons. The van der Waals surface area contributed by atoms with Gasteiger partial charge in [-0.2, -0.15) is 5.26 Å². The standard InChI is InChI=1S/C22H26N6O4S/c1-32-18-4-2-3-15-14(18)9-16(26-15)21(30)27-17-8-13(24)10-28(22(17)31)19(33-11-23)7-12-5-6-25-20(12)29/h2-4,9,12-13,17,19,26H,5-8,10,24H2,1H3,(H,25,29)(H,27,30)/t12-,13?,17-,19+/m0/s1. The Morgan fingerprint density at radius 2 is 2.27 bits per heavy atom. The van der Waals surface area contributed by atoms with Crippen molar-refractivity contribution in [2.24, 2.45) is 11.7 Å². The van der Waals surface area contributed by atoms with E-state index in [1.807, 2.05) is 17.5 Å². The van der Waals surface area contributed by atoms with E-state index in [1.54, 1.807) is 19.2 Å². The van der Waals surface area contributed by atoms with Crippen LogP contribution in [-0.4, -0.2) is 65.3 Å². The van der Waals surface area contributed by atoms with E-state index in [-0.39, 0.29) is 30.3 Å². The summed E-state index contributed by atoms with van der Waals surface area (Å²) in [7, 11) is 1.56. The number of nitriles is 1. The van der Waals surface area contributed by atoms with Gasteiger partial charge < -0.3 is 31.0 Å². The normalized spacial score (nSPS) is 23.8. The molecule has 0 saturated carbocycles. The number of amides is 3. The molecule has 10 nitrogen and oxygen atoms in total. The maximum Gasteiger partial charge on any atom is 0.268 e. The molecule has 11 heteroatoms. The lowest BCUT2D eigenvalue weighted by Crippen LogP contribution is -2.60. The molecule has 2 saturated heterocycles. The lowest BCUT2D eigenvalue weighted by atomic mass is 9.98. The molecule has 3 amide bonds. The number of nitrogens with one attached hydrogen (secondary N) is 3. The Hall–Kier alpha value is -3.23. The summed E-state index contributed by atoms with van der Waals surface area (Å²) in [5.41, 5.74) is 7.27. The molecule has 1 aromatic carbocycles. The van der Waals surface area contributed by atoms with Crippen molar-refractivity contribution in [2.75, 3.05) is 20.2 Å². The molecule has 2 aromatic rings. The van der Waals surface area contributed by atoms with Crippen LogP contribution in [-0.2, 0) is 9.59 Å². The van der Waals surface area contributed by atoms with Gasteiger partial charge in [0.25, 0.3) is 5.91 Å². The topological polar surface area (TPSA) is 153 Å². The number of piperidine rings is 1. The van der Waals surface area contributed by atoms with Gasteiger partial charge in [0.1, 0.15) is 22.9 Å². The maximum absolute atomic E-state index is 13.3. The summed E-state index contributed by atoms with van der Waals surface area (Å²) >= 11 is 0.944. The molecule has 4 atom stereocenters. The van der Waals surface area contributed by atoms with E-state index in [4.69, 9.17) is 10.5 Å². The maximum atomic E-state index is 13.3. The zero-order valence-corrected chi connectivity index (χ0v) is 19.0. The molecule has 0 radical (unpaired) electrons. The number of aromatic nitrogens is 1. The van der Waals surface area contributed by atoms with Crippen molar-refractivity contribution in [2.45, 2.75) is 36.7 Å². The second-order valence-electron chi connectivity index (χ2n) is 8.29. The van der Waals surface area contributed by atoms with E-state index in [0.717, 1.165) is 22.7 Å². The van der Waals surface area contributed by atoms with Crippen LogP contribution >= 0.6 is 11.8 Å². The number of hydrogen-bond donors (Lipinski definition) is 4. The monoisotopic (exact) mass is 470 g/mol. The Kier molecular flexibility index (Phi) is 6.76. The third-order valence-electron chi connectivity index (χ3n) is 6.13. The number of nitrogens with zero attached hydrogens (tertiary/aromatic N) is 2. The molecule has 33 heavy (non-hydrogen) atoms. The van der Waals surface area contributed by atoms with Crippen LogP contribution in [0.4, 0.5) is 0 Å². The minimum absolute atomic E-state index is 0.0635. The molecule has 2 fully saturated rings. The molecule has 1 unspecified atom stereocenters. The third-order valence-corrected chi connectivity index (χ3v) is 6.95. The molecular formula is C22H26N6O4S. The first-order valence-electron chi connectivity index (χ1n) is 10.8. The van der Waals surface area contributed by atoms with Crippen LogP contribution in [0.15, 0.2) is 24.3 Å². The number of fused-ring (bicyclic) bond motifs is 1. The second-order valence-corrected chi connectivity index (χ2v) is 9.26. The molecule has 0 aliphatic carbocycles. The van der Waals surface area contributed by atoms with Crippen molar-refractivity contribution < 1.29 is 19.1 Å². The van der Waals surface area contributed by atoms with Gasteiger partial charge in [-0.05, 0) is 49.2 Å². The van der Waals surface area contributed by atoms with Crippen molar-refractivity contribution in [1.29, 1.82) is 5.26 Å². The number of ether oxygens (including phenoxy) is 1. The second kappa shape index (κ2) is 9.72. The first-order valence-corrected chi connectivity index (χ1v) is 11.6. The Morgan fingerprint density at radius 3 is 2.97 bits per heavy atom. The highest BCUT2D eigenvalue weighted by atomic mass is 32.2. The van der Waals surface area contributed by atoms with Crippen LogP contribution in [0.1, 0.15) is 29.8 Å². The summed E-state index contributed by atoms with van der Waals surface area (Å²) in [5.74, 6) is -0.412. The molecular weight excluding hydrogens is 444 g/mol. The molecule has 0 spiro atoms. The zero-order chi connectivity index (χ0) is 23.5. The van der Waals surface area contributed by atoms with Crippen LogP contribution in [0.2, 0.25) is 0 Å². The van der Waals surface area contributed by atoms with Gasteiger partial charge in [-0.25, -0.2) is 0 Å². The van der Waals surface area contributed by atoms with Crippen molar-refractivity contribution in [1.82, 2.24) is 20.5 Å². The van der Waals surface area contributed by atoms with E-state index in [0.29, 0.717) is 37.3 Å². The minimum atomic E-state index is -0.825. The zero-order valence-electron chi connectivity index (χ0n) is 18.2. The van der Waals surface area contributed by atoms with E-state index in [2.05, 4.69) is 15.6 Å². The fourth-order valence-electron chi connectivity index (χ4n) is 4.48. The number of thiocyanates is 1. The van der Waals surface area contributed by atoms with Gasteiger partial charge in [-0.15, -0.1) is 0 Å². The van der Waals surface area contributed by atoms with E-state index < -0.39 is 17.3 Å². The number of likely N-dealkylation sites (tertiary alicyclic amines) is 1. The summed E-state index contributed by atoms with van der Waals surface area (Å²) in [6, 6.07) is 5.95. The molecule has 5 N–H and O–H groups in total. The summed E-state index contributed by atoms with van der Waals surface area (Å²) in [6.07, 6.45) is 1.32. The van der Waals surface area contributed by atoms with Crippen LogP contribution in [0.3, 0.4) is 0 Å². The van der Waals surface area contributed by atoms with E-state index >= 15 is 0 Å². The van der Waals surface area contributed by atoms with Crippen LogP contribution in [0.5, 0.6) is 5.75 Å². The van der Waals surface area contributed by atoms with E-state index in [1.165, 1.54) is 4.90 Å². The number of rotatable bonds is 7. The lowest BCUT2D eigenvalue weighted by Gasteiger charge is -2.40. The van der Waals surface area contributed by atoms with Gasteiger partial charge in [0.05, 0.1) is 12.5 Å². The number of aromatic amines is 1. The molecule has 0 bridgehead atoms. The number of benzene rings is 1. The predicted molar refractivity (Wildman–Crippen MR) is 123 cm³/mol. The highest BCUT2D eigenvalue weighted by Gasteiger charge is 2.40. The summed E-state index contributed by atoms with van der Waals surface area (Å²) in [4.78, 5) is 42.9. The average molecular weight is 471 g/mol. The van der Waals surface area contributed by atoms with Crippen molar-refractivity contribution in [3.63, 3.8) is 0 Å². The SMILES string of the molecule is COc1cccc2[nH]c(C(=O)N[C@H]3CC(N)CN([C@@H](C[C@@H]4CCNC4=O)SC#N)C3=O)cc12. The number of H-pyrrole nitrogens is 1. The van der Waals surface area contributed by atoms with Crippen molar-refractivity contribution in [3.05, 3.63) is 30.0 Å². The Labute approximate surface area is 195 Å². The molecule has 3 heterocycles. The van der Waals surface area contributed by atoms with E-state index in [9.17, 15) is 19.6 Å². The summed E-state index contributed by atoms with van der Waals surface area (Å²) < 4.78 is 5.34. The van der Waals surface area contributed by atoms with Gasteiger partial charge in [0.15, 0.2) is 0 Å². The van der Waals surface area contributed by atoms with Crippen molar-refractivity contribution >= 4 is 40.4 Å². The third kappa shape index (κ3) is 4.77. The number of carbonyl (C=O) groups excluding carboxylic acids is 3. The highest BCUT2D eigenvalue weighted by molar-refractivity contribution is 8.04. The first kappa shape index (κ1) is 22.9. The fourth-order valence-corrected chi connectivity index (χ4v) is 5.25. The molecule has 2 aliphatic rings. The average Bonchev–Trinajstić information content (AvgIpc) is 3.41. The smallest absolute Gasteiger partial charge is 0.268 e.